The van der Waals surface area contributed by atoms with Gasteiger partial charge in [-0.2, -0.15) is 8.42 Å². The highest BCUT2D eigenvalue weighted by molar-refractivity contribution is 7.86. The lowest BCUT2D eigenvalue weighted by Gasteiger charge is -2.04. The highest BCUT2D eigenvalue weighted by Gasteiger charge is 2.15. The fourth-order valence-corrected chi connectivity index (χ4v) is 1.90. The quantitative estimate of drug-likeness (QED) is 0.429. The Bertz CT molecular complexity index is 386. The molecule has 0 radical (unpaired) electrons. The first-order valence-corrected chi connectivity index (χ1v) is 6.69. The van der Waals surface area contributed by atoms with Gasteiger partial charge in [-0.05, 0) is 18.6 Å². The molecule has 0 N–H and O–H groups in total. The van der Waals surface area contributed by atoms with Gasteiger partial charge in [-0.1, -0.05) is 45.4 Å². The van der Waals surface area contributed by atoms with Crippen LogP contribution in [0.3, 0.4) is 0 Å². The molecule has 0 saturated heterocycles. The summed E-state index contributed by atoms with van der Waals surface area (Å²) in [4.78, 5) is 4.77. The average molecular weight is 260 g/mol. The molecular weight excluding hydrogens is 240 g/mol. The number of hydrogen-bond acceptors (Lipinski definition) is 4. The van der Waals surface area contributed by atoms with E-state index < -0.39 is 10.1 Å². The van der Waals surface area contributed by atoms with E-state index in [1.54, 1.807) is 18.2 Å². The normalized spacial score (nSPS) is 10.9. The Labute approximate surface area is 104 Å². The molecule has 0 bridgehead atoms. The predicted molar refractivity (Wildman–Crippen MR) is 66.9 cm³/mol. The molecule has 0 aliphatic carbocycles. The number of rotatable bonds is 7. The second-order valence-corrected chi connectivity index (χ2v) is 4.88. The van der Waals surface area contributed by atoms with Crippen molar-refractivity contribution in [3.63, 3.8) is 0 Å². The molecule has 1 aromatic carbocycles. The Kier molecular flexibility index (Phi) is 7.78. The molecule has 0 atom stereocenters. The predicted octanol–water partition coefficient (Wildman–Crippen LogP) is 3.15. The van der Waals surface area contributed by atoms with Gasteiger partial charge in [0.2, 0.25) is 0 Å². The Morgan fingerprint density at radius 3 is 2.35 bits per heavy atom. The summed E-state index contributed by atoms with van der Waals surface area (Å²) in [5, 5.41) is 0. The van der Waals surface area contributed by atoms with E-state index in [0.717, 1.165) is 19.3 Å². The van der Waals surface area contributed by atoms with Crippen LogP contribution in [0.15, 0.2) is 35.2 Å². The van der Waals surface area contributed by atoms with E-state index in [1.165, 1.54) is 12.1 Å². The summed E-state index contributed by atoms with van der Waals surface area (Å²) in [6.07, 6.45) is 2.84. The van der Waals surface area contributed by atoms with Gasteiger partial charge < -0.3 is 0 Å². The molecule has 0 amide bonds. The maximum Gasteiger partial charge on any atom is 0.323 e. The van der Waals surface area contributed by atoms with E-state index in [2.05, 4.69) is 16.1 Å². The lowest BCUT2D eigenvalue weighted by molar-refractivity contribution is -0.202. The summed E-state index contributed by atoms with van der Waals surface area (Å²) in [5.41, 5.74) is 0. The van der Waals surface area contributed by atoms with Crippen LogP contribution in [0.2, 0.25) is 0 Å². The highest BCUT2D eigenvalue weighted by atomic mass is 32.2. The SMILES string of the molecule is C.CCCCCOOS(=O)(=O)c1ccccc1. The minimum absolute atomic E-state index is 0. The van der Waals surface area contributed by atoms with Gasteiger partial charge in [-0.15, -0.1) is 4.33 Å². The summed E-state index contributed by atoms with van der Waals surface area (Å²) < 4.78 is 27.5. The van der Waals surface area contributed by atoms with Gasteiger partial charge >= 0.3 is 10.1 Å². The van der Waals surface area contributed by atoms with Gasteiger partial charge in [0.05, 0.1) is 11.5 Å². The van der Waals surface area contributed by atoms with Gasteiger partial charge in [-0.25, -0.2) is 4.89 Å². The van der Waals surface area contributed by atoms with Crippen molar-refractivity contribution in [2.45, 2.75) is 38.5 Å². The molecule has 4 nitrogen and oxygen atoms in total. The first kappa shape index (κ1) is 16.1. The van der Waals surface area contributed by atoms with Gasteiger partial charge in [0, 0.05) is 0 Å². The lowest BCUT2D eigenvalue weighted by Crippen LogP contribution is -2.07. The zero-order valence-electron chi connectivity index (χ0n) is 9.26. The Morgan fingerprint density at radius 2 is 1.76 bits per heavy atom. The van der Waals surface area contributed by atoms with Crippen molar-refractivity contribution in [2.75, 3.05) is 6.61 Å². The zero-order chi connectivity index (χ0) is 11.9. The molecule has 0 unspecified atom stereocenters. The molecule has 1 aromatic rings. The third kappa shape index (κ3) is 5.81. The summed E-state index contributed by atoms with van der Waals surface area (Å²) in [6.45, 7) is 2.35. The number of hydrogen-bond donors (Lipinski definition) is 0. The summed E-state index contributed by atoms with van der Waals surface area (Å²) in [6, 6.07) is 7.93. The van der Waals surface area contributed by atoms with Gasteiger partial charge in [0.25, 0.3) is 0 Å². The van der Waals surface area contributed by atoms with Crippen molar-refractivity contribution < 1.29 is 17.6 Å². The first-order chi connectivity index (χ1) is 7.67. The van der Waals surface area contributed by atoms with Crippen LogP contribution in [-0.4, -0.2) is 15.0 Å². The summed E-state index contributed by atoms with van der Waals surface area (Å²) in [7, 11) is -3.77. The second kappa shape index (κ2) is 8.22. The van der Waals surface area contributed by atoms with Crippen LogP contribution in [0.5, 0.6) is 0 Å². The van der Waals surface area contributed by atoms with Crippen LogP contribution >= 0.6 is 0 Å². The Morgan fingerprint density at radius 1 is 1.12 bits per heavy atom. The number of unbranched alkanes of at least 4 members (excludes halogenated alkanes) is 2. The third-order valence-electron chi connectivity index (χ3n) is 2.00. The van der Waals surface area contributed by atoms with E-state index in [1.807, 2.05) is 0 Å². The maximum atomic E-state index is 11.5. The van der Waals surface area contributed by atoms with Gasteiger partial charge in [-0.3, -0.25) is 0 Å². The average Bonchev–Trinajstić information content (AvgIpc) is 2.30. The molecule has 0 heterocycles. The van der Waals surface area contributed by atoms with Crippen LogP contribution in [0.25, 0.3) is 0 Å². The van der Waals surface area contributed by atoms with E-state index >= 15 is 0 Å². The Hall–Kier alpha value is -0.910. The van der Waals surface area contributed by atoms with Crippen LogP contribution in [0.1, 0.15) is 33.6 Å². The lowest BCUT2D eigenvalue weighted by atomic mass is 10.3. The van der Waals surface area contributed by atoms with Crippen molar-refractivity contribution in [3.8, 4) is 0 Å². The fourth-order valence-electron chi connectivity index (χ4n) is 1.13. The third-order valence-corrected chi connectivity index (χ3v) is 3.13. The molecule has 1 rings (SSSR count). The van der Waals surface area contributed by atoms with E-state index in [-0.39, 0.29) is 12.3 Å². The molecule has 0 spiro atoms. The smallest absolute Gasteiger partial charge is 0.220 e. The van der Waals surface area contributed by atoms with Crippen molar-refractivity contribution in [3.05, 3.63) is 30.3 Å². The molecule has 5 heteroatoms. The van der Waals surface area contributed by atoms with Crippen molar-refractivity contribution in [2.24, 2.45) is 0 Å². The van der Waals surface area contributed by atoms with E-state index in [9.17, 15) is 8.42 Å². The molecule has 0 aliphatic rings. The number of benzene rings is 1. The molecule has 0 fully saturated rings. The van der Waals surface area contributed by atoms with Crippen LogP contribution in [0, 0.1) is 0 Å². The molecule has 98 valence electrons. The minimum Gasteiger partial charge on any atom is -0.220 e. The Balaban J connectivity index is 0.00000256. The van der Waals surface area contributed by atoms with Crippen molar-refractivity contribution in [1.29, 1.82) is 0 Å². The van der Waals surface area contributed by atoms with Crippen molar-refractivity contribution in [1.82, 2.24) is 0 Å². The standard InChI is InChI=1S/C11H16O4S.CH4/c1-2-3-7-10-14-15-16(12,13)11-8-5-4-6-9-11;/h4-6,8-9H,2-3,7,10H2,1H3;1H4. The van der Waals surface area contributed by atoms with Crippen molar-refractivity contribution >= 4 is 10.1 Å². The zero-order valence-corrected chi connectivity index (χ0v) is 10.1. The molecular formula is C12H20O4S. The molecule has 0 aliphatic heterocycles. The monoisotopic (exact) mass is 260 g/mol. The van der Waals surface area contributed by atoms with Gasteiger partial charge in [0.15, 0.2) is 0 Å². The molecule has 17 heavy (non-hydrogen) atoms. The van der Waals surface area contributed by atoms with E-state index in [4.69, 9.17) is 0 Å². The van der Waals surface area contributed by atoms with Crippen LogP contribution in [-0.2, 0) is 19.3 Å². The second-order valence-electron chi connectivity index (χ2n) is 3.36. The first-order valence-electron chi connectivity index (χ1n) is 5.28. The van der Waals surface area contributed by atoms with Gasteiger partial charge in [0.1, 0.15) is 0 Å². The van der Waals surface area contributed by atoms with Crippen LogP contribution in [0.4, 0.5) is 0 Å². The fraction of sp³-hybridized carbons (Fsp3) is 0.500. The highest BCUT2D eigenvalue weighted by Crippen LogP contribution is 2.11. The molecule has 0 aromatic heterocycles. The summed E-state index contributed by atoms with van der Waals surface area (Å²) >= 11 is 0. The summed E-state index contributed by atoms with van der Waals surface area (Å²) in [5.74, 6) is 0. The topological polar surface area (TPSA) is 52.6 Å². The minimum atomic E-state index is -3.77. The maximum absolute atomic E-state index is 11.5. The largest absolute Gasteiger partial charge is 0.323 e. The van der Waals surface area contributed by atoms with E-state index in [0.29, 0.717) is 6.61 Å². The van der Waals surface area contributed by atoms with Crippen LogP contribution < -0.4 is 0 Å². The molecule has 0 saturated carbocycles.